The molecule has 3 N–H and O–H groups in total. The molecule has 2 unspecified atom stereocenters. The molecule has 0 aromatic heterocycles. The van der Waals surface area contributed by atoms with Gasteiger partial charge in [0.1, 0.15) is 23.4 Å². The number of aromatic hydroxyl groups is 1. The number of hydrogen-bond acceptors (Lipinski definition) is 5. The van der Waals surface area contributed by atoms with Gasteiger partial charge in [-0.15, -0.1) is 0 Å². The van der Waals surface area contributed by atoms with Crippen LogP contribution >= 0.6 is 0 Å². The maximum Gasteiger partial charge on any atom is 0.310 e. The fourth-order valence-corrected chi connectivity index (χ4v) is 3.19. The summed E-state index contributed by atoms with van der Waals surface area (Å²) in [6.45, 7) is -0.428. The minimum Gasteiger partial charge on any atom is -0.508 e. The number of carbonyl (C=O) groups is 2. The highest BCUT2D eigenvalue weighted by Gasteiger charge is 2.60. The maximum absolute atomic E-state index is 11.9. The van der Waals surface area contributed by atoms with E-state index >= 15 is 0 Å². The van der Waals surface area contributed by atoms with E-state index in [1.807, 2.05) is 0 Å². The largest absolute Gasteiger partial charge is 0.508 e. The Morgan fingerprint density at radius 2 is 1.95 bits per heavy atom. The Balaban J connectivity index is 2.14. The van der Waals surface area contributed by atoms with Gasteiger partial charge in [-0.25, -0.2) is 0 Å². The van der Waals surface area contributed by atoms with Gasteiger partial charge in [0.2, 0.25) is 0 Å². The van der Waals surface area contributed by atoms with Crippen molar-refractivity contribution in [1.82, 2.24) is 0 Å². The molecule has 4 atom stereocenters. The fraction of sp³-hybridized carbons (Fsp3) is 0.333. The first-order chi connectivity index (χ1) is 9.98. The summed E-state index contributed by atoms with van der Waals surface area (Å²) < 4.78 is 5.59. The second-order valence-electron chi connectivity index (χ2n) is 5.32. The molecule has 2 bridgehead atoms. The molecule has 0 amide bonds. The maximum atomic E-state index is 11.9. The number of ketones is 1. The second-order valence-corrected chi connectivity index (χ2v) is 5.32. The van der Waals surface area contributed by atoms with Crippen LogP contribution in [0.1, 0.15) is 11.5 Å². The minimum atomic E-state index is -1.22. The Labute approximate surface area is 120 Å². The number of carboxylic acid groups (broad SMARTS) is 1. The zero-order valence-electron chi connectivity index (χ0n) is 11.0. The highest BCUT2D eigenvalue weighted by Crippen LogP contribution is 2.50. The van der Waals surface area contributed by atoms with Crippen molar-refractivity contribution in [2.45, 2.75) is 17.6 Å². The molecule has 110 valence electrons. The van der Waals surface area contributed by atoms with Crippen LogP contribution in [0.15, 0.2) is 36.4 Å². The van der Waals surface area contributed by atoms with E-state index in [1.165, 1.54) is 24.3 Å². The first kappa shape index (κ1) is 13.8. The molecule has 2 heterocycles. The van der Waals surface area contributed by atoms with Crippen molar-refractivity contribution in [1.29, 1.82) is 0 Å². The van der Waals surface area contributed by atoms with E-state index in [4.69, 9.17) is 4.74 Å². The molecule has 0 spiro atoms. The number of rotatable bonds is 3. The Bertz CT molecular complexity index is 620. The molecule has 0 radical (unpaired) electrons. The summed E-state index contributed by atoms with van der Waals surface area (Å²) in [7, 11) is 0. The molecule has 3 rings (SSSR count). The van der Waals surface area contributed by atoms with Crippen LogP contribution < -0.4 is 0 Å². The molecule has 6 nitrogen and oxygen atoms in total. The van der Waals surface area contributed by atoms with Gasteiger partial charge in [-0.2, -0.15) is 0 Å². The summed E-state index contributed by atoms with van der Waals surface area (Å²) in [5.74, 6) is -3.28. The van der Waals surface area contributed by atoms with Crippen molar-refractivity contribution in [3.8, 4) is 5.75 Å². The van der Waals surface area contributed by atoms with Crippen molar-refractivity contribution in [3.05, 3.63) is 42.0 Å². The molecular formula is C15H14O6. The average Bonchev–Trinajstić information content (AvgIpc) is 2.76. The summed E-state index contributed by atoms with van der Waals surface area (Å²) in [4.78, 5) is 23.5. The molecule has 2 aliphatic rings. The van der Waals surface area contributed by atoms with Crippen LogP contribution in [0.5, 0.6) is 5.75 Å². The summed E-state index contributed by atoms with van der Waals surface area (Å²) in [5.41, 5.74) is -0.630. The van der Waals surface area contributed by atoms with Gasteiger partial charge in [-0.3, -0.25) is 9.59 Å². The van der Waals surface area contributed by atoms with Crippen molar-refractivity contribution in [2.75, 3.05) is 6.61 Å². The standard InChI is InChI=1S/C15H14O6/c16-7-15-6-5-10(18)13(21-15)11(14(19)20)12(15)8-1-3-9(17)4-2-8/h1-6,11-13,16-17H,7H2,(H,19,20)/t11?,12-,13?,15-/m0/s1. The summed E-state index contributed by atoms with van der Waals surface area (Å²) in [5, 5.41) is 28.6. The van der Waals surface area contributed by atoms with E-state index < -0.39 is 41.9 Å². The number of phenols is 1. The molecular weight excluding hydrogens is 276 g/mol. The molecule has 1 aromatic rings. The lowest BCUT2D eigenvalue weighted by atomic mass is 9.76. The SMILES string of the molecule is O=C1C=C[C@@]2(CO)OC1C(C(=O)O)[C@@H]2c1ccc(O)cc1. The zero-order valence-corrected chi connectivity index (χ0v) is 11.0. The van der Waals surface area contributed by atoms with Crippen molar-refractivity contribution < 1.29 is 29.6 Å². The van der Waals surface area contributed by atoms with Crippen molar-refractivity contribution in [2.24, 2.45) is 5.92 Å². The third-order valence-corrected chi connectivity index (χ3v) is 4.15. The number of carboxylic acids is 1. The van der Waals surface area contributed by atoms with Crippen LogP contribution in [-0.2, 0) is 14.3 Å². The van der Waals surface area contributed by atoms with Crippen molar-refractivity contribution >= 4 is 11.8 Å². The number of aliphatic hydroxyl groups excluding tert-OH is 1. The molecule has 1 fully saturated rings. The number of carbonyl (C=O) groups excluding carboxylic acids is 1. The van der Waals surface area contributed by atoms with Gasteiger partial charge in [0.15, 0.2) is 5.78 Å². The van der Waals surface area contributed by atoms with E-state index in [1.54, 1.807) is 12.1 Å². The lowest BCUT2D eigenvalue weighted by Gasteiger charge is -2.31. The molecule has 2 aliphatic heterocycles. The van der Waals surface area contributed by atoms with Crippen LogP contribution in [-0.4, -0.2) is 45.4 Å². The Hall–Kier alpha value is -2.18. The monoisotopic (exact) mass is 290 g/mol. The number of phenolic OH excluding ortho intramolecular Hbond substituents is 1. The third kappa shape index (κ3) is 1.95. The predicted octanol–water partition coefficient (Wildman–Crippen LogP) is 0.445. The van der Waals surface area contributed by atoms with Gasteiger partial charge in [-0.05, 0) is 29.8 Å². The molecule has 1 aromatic carbocycles. The number of fused-ring (bicyclic) bond motifs is 2. The number of hydrogen-bond donors (Lipinski definition) is 3. The molecule has 6 heteroatoms. The van der Waals surface area contributed by atoms with E-state index in [9.17, 15) is 24.9 Å². The van der Waals surface area contributed by atoms with Crippen LogP contribution in [0.2, 0.25) is 0 Å². The zero-order chi connectivity index (χ0) is 15.2. The Kier molecular flexibility index (Phi) is 3.07. The highest BCUT2D eigenvalue weighted by atomic mass is 16.5. The smallest absolute Gasteiger partial charge is 0.310 e. The number of aliphatic hydroxyl groups is 1. The normalized spacial score (nSPS) is 34.1. The lowest BCUT2D eigenvalue weighted by molar-refractivity contribution is -0.148. The molecule has 0 aliphatic carbocycles. The van der Waals surface area contributed by atoms with E-state index in [0.29, 0.717) is 5.56 Å². The first-order valence-electron chi connectivity index (χ1n) is 6.52. The van der Waals surface area contributed by atoms with E-state index in [-0.39, 0.29) is 5.75 Å². The minimum absolute atomic E-state index is 0.0529. The van der Waals surface area contributed by atoms with E-state index in [0.717, 1.165) is 0 Å². The topological polar surface area (TPSA) is 104 Å². The third-order valence-electron chi connectivity index (χ3n) is 4.15. The molecule has 21 heavy (non-hydrogen) atoms. The van der Waals surface area contributed by atoms with Gasteiger partial charge < -0.3 is 20.1 Å². The Morgan fingerprint density at radius 3 is 2.52 bits per heavy atom. The fourth-order valence-electron chi connectivity index (χ4n) is 3.19. The van der Waals surface area contributed by atoms with Gasteiger partial charge in [-0.1, -0.05) is 12.1 Å². The summed E-state index contributed by atoms with van der Waals surface area (Å²) in [6, 6.07) is 6.03. The molecule has 1 saturated heterocycles. The number of aliphatic carboxylic acids is 1. The van der Waals surface area contributed by atoms with Crippen LogP contribution in [0, 0.1) is 5.92 Å². The number of ether oxygens (including phenoxy) is 1. The summed E-state index contributed by atoms with van der Waals surface area (Å²) >= 11 is 0. The van der Waals surface area contributed by atoms with Gasteiger partial charge in [0, 0.05) is 5.92 Å². The summed E-state index contributed by atoms with van der Waals surface area (Å²) in [6.07, 6.45) is 1.62. The van der Waals surface area contributed by atoms with Gasteiger partial charge >= 0.3 is 5.97 Å². The first-order valence-corrected chi connectivity index (χ1v) is 6.52. The van der Waals surface area contributed by atoms with E-state index in [2.05, 4.69) is 0 Å². The highest BCUT2D eigenvalue weighted by molar-refractivity contribution is 5.99. The van der Waals surface area contributed by atoms with Crippen LogP contribution in [0.25, 0.3) is 0 Å². The lowest BCUT2D eigenvalue weighted by Crippen LogP contribution is -2.39. The molecule has 0 saturated carbocycles. The van der Waals surface area contributed by atoms with Gasteiger partial charge in [0.05, 0.1) is 6.61 Å². The van der Waals surface area contributed by atoms with Crippen LogP contribution in [0.4, 0.5) is 0 Å². The van der Waals surface area contributed by atoms with Gasteiger partial charge in [0.25, 0.3) is 0 Å². The average molecular weight is 290 g/mol. The van der Waals surface area contributed by atoms with Crippen molar-refractivity contribution in [3.63, 3.8) is 0 Å². The van der Waals surface area contributed by atoms with Crippen LogP contribution in [0.3, 0.4) is 0 Å². The quantitative estimate of drug-likeness (QED) is 0.746. The number of benzene rings is 1. The Morgan fingerprint density at radius 1 is 1.29 bits per heavy atom. The second kappa shape index (κ2) is 4.68. The predicted molar refractivity (Wildman–Crippen MR) is 70.8 cm³/mol.